The van der Waals surface area contributed by atoms with Crippen LogP contribution < -0.4 is 9.64 Å². The van der Waals surface area contributed by atoms with Crippen LogP contribution in [0.15, 0.2) is 18.5 Å². The van der Waals surface area contributed by atoms with Crippen LogP contribution in [0.2, 0.25) is 5.28 Å². The lowest BCUT2D eigenvalue weighted by atomic mass is 10.1. The molecule has 4 heterocycles. The molecule has 1 aliphatic carbocycles. The molecule has 5 rings (SSSR count). The maximum absolute atomic E-state index is 12.6. The number of urea groups is 1. The first-order chi connectivity index (χ1) is 14.4. The fourth-order valence-electron chi connectivity index (χ4n) is 3.47. The minimum Gasteiger partial charge on any atom is -0.457 e. The van der Waals surface area contributed by atoms with E-state index in [4.69, 9.17) is 16.3 Å². The number of anilines is 1. The molecule has 0 bridgehead atoms. The summed E-state index contributed by atoms with van der Waals surface area (Å²) < 4.78 is 7.51. The minimum absolute atomic E-state index is 0.000434. The molecule has 0 unspecified atom stereocenters. The van der Waals surface area contributed by atoms with Crippen molar-refractivity contribution in [1.82, 2.24) is 29.2 Å². The van der Waals surface area contributed by atoms with E-state index < -0.39 is 0 Å². The number of carbonyl (C=O) groups excluding carboxylic acids is 2. The van der Waals surface area contributed by atoms with E-state index >= 15 is 0 Å². The smallest absolute Gasteiger partial charge is 0.331 e. The van der Waals surface area contributed by atoms with Gasteiger partial charge in [-0.1, -0.05) is 0 Å². The second kappa shape index (κ2) is 6.91. The maximum atomic E-state index is 12.6. The average Bonchev–Trinajstić information content (AvgIpc) is 3.42. The molecule has 0 radical (unpaired) electrons. The standard InChI is InChI=1S/C19H18ClN7O3/c1-10-21-17(20)24-18(22-10)30-9-13-7-26-6-12(11-3-4-11)5-14(16(26)23-13)27-8-15(28)25(2)19(27)29/h5-7,11H,3-4,8-9H2,1-2H3. The summed E-state index contributed by atoms with van der Waals surface area (Å²) >= 11 is 5.85. The molecule has 3 aromatic rings. The molecule has 2 aliphatic rings. The number of imide groups is 1. The van der Waals surface area contributed by atoms with Gasteiger partial charge in [-0.15, -0.1) is 0 Å². The largest absolute Gasteiger partial charge is 0.457 e. The van der Waals surface area contributed by atoms with E-state index in [0.717, 1.165) is 23.3 Å². The first kappa shape index (κ1) is 18.7. The van der Waals surface area contributed by atoms with Crippen LogP contribution in [-0.2, 0) is 11.4 Å². The Balaban J connectivity index is 1.50. The van der Waals surface area contributed by atoms with Gasteiger partial charge < -0.3 is 9.14 Å². The average molecular weight is 428 g/mol. The van der Waals surface area contributed by atoms with Crippen molar-refractivity contribution >= 4 is 34.9 Å². The van der Waals surface area contributed by atoms with Gasteiger partial charge in [0.2, 0.25) is 11.2 Å². The van der Waals surface area contributed by atoms with Crippen molar-refractivity contribution in [2.75, 3.05) is 18.5 Å². The van der Waals surface area contributed by atoms with Crippen LogP contribution in [0.5, 0.6) is 6.01 Å². The summed E-state index contributed by atoms with van der Waals surface area (Å²) in [6, 6.07) is 1.72. The fourth-order valence-corrected chi connectivity index (χ4v) is 3.67. The van der Waals surface area contributed by atoms with Crippen LogP contribution in [0.3, 0.4) is 0 Å². The molecule has 1 saturated carbocycles. The van der Waals surface area contributed by atoms with Gasteiger partial charge >= 0.3 is 12.0 Å². The number of hydrogen-bond donors (Lipinski definition) is 0. The summed E-state index contributed by atoms with van der Waals surface area (Å²) in [5.74, 6) is 0.682. The van der Waals surface area contributed by atoms with Crippen molar-refractivity contribution in [1.29, 1.82) is 0 Å². The lowest BCUT2D eigenvalue weighted by Gasteiger charge is -2.17. The van der Waals surface area contributed by atoms with Crippen LogP contribution in [0.1, 0.15) is 35.8 Å². The molecule has 1 saturated heterocycles. The molecular weight excluding hydrogens is 410 g/mol. The number of likely N-dealkylation sites (N-methyl/N-ethyl adjacent to an activating group) is 1. The summed E-state index contributed by atoms with van der Waals surface area (Å²) in [7, 11) is 1.49. The number of aryl methyl sites for hydroxylation is 1. The Morgan fingerprint density at radius 2 is 1.97 bits per heavy atom. The molecule has 0 spiro atoms. The van der Waals surface area contributed by atoms with Gasteiger partial charge in [0.05, 0.1) is 11.4 Å². The summed E-state index contributed by atoms with van der Waals surface area (Å²) in [5.41, 5.74) is 2.95. The maximum Gasteiger partial charge on any atom is 0.331 e. The molecular formula is C19H18ClN7O3. The Hall–Kier alpha value is -3.27. The zero-order valence-electron chi connectivity index (χ0n) is 16.4. The van der Waals surface area contributed by atoms with E-state index in [1.807, 2.05) is 22.9 Å². The summed E-state index contributed by atoms with van der Waals surface area (Å²) in [5, 5.41) is 0.0604. The van der Waals surface area contributed by atoms with Gasteiger partial charge in [0.15, 0.2) is 5.65 Å². The third-order valence-corrected chi connectivity index (χ3v) is 5.35. The van der Waals surface area contributed by atoms with E-state index in [0.29, 0.717) is 28.8 Å². The van der Waals surface area contributed by atoms with Crippen LogP contribution in [-0.4, -0.2) is 54.8 Å². The van der Waals surface area contributed by atoms with Crippen molar-refractivity contribution in [3.05, 3.63) is 40.8 Å². The van der Waals surface area contributed by atoms with Crippen LogP contribution in [0.4, 0.5) is 10.5 Å². The SMILES string of the molecule is Cc1nc(Cl)nc(OCc2cn3cc(C4CC4)cc(N4CC(=O)N(C)C4=O)c3n2)n1. The molecule has 30 heavy (non-hydrogen) atoms. The number of ether oxygens (including phenoxy) is 1. The number of nitrogens with zero attached hydrogens (tertiary/aromatic N) is 7. The number of pyridine rings is 1. The topological polar surface area (TPSA) is 106 Å². The van der Waals surface area contributed by atoms with E-state index in [-0.39, 0.29) is 36.4 Å². The Labute approximate surface area is 176 Å². The van der Waals surface area contributed by atoms with E-state index in [2.05, 4.69) is 19.9 Å². The summed E-state index contributed by atoms with van der Waals surface area (Å²) in [6.07, 6.45) is 6.08. The van der Waals surface area contributed by atoms with Gasteiger partial charge in [-0.3, -0.25) is 14.6 Å². The first-order valence-electron chi connectivity index (χ1n) is 9.49. The lowest BCUT2D eigenvalue weighted by Crippen LogP contribution is -2.30. The monoisotopic (exact) mass is 427 g/mol. The number of halogens is 1. The Kier molecular flexibility index (Phi) is 4.31. The van der Waals surface area contributed by atoms with Crippen molar-refractivity contribution in [3.8, 4) is 6.01 Å². The molecule has 3 amide bonds. The number of aromatic nitrogens is 5. The molecule has 3 aromatic heterocycles. The number of carbonyl (C=O) groups is 2. The molecule has 11 heteroatoms. The highest BCUT2D eigenvalue weighted by Crippen LogP contribution is 2.42. The van der Waals surface area contributed by atoms with Gasteiger partial charge in [0, 0.05) is 19.4 Å². The first-order valence-corrected chi connectivity index (χ1v) is 9.87. The number of amides is 3. The van der Waals surface area contributed by atoms with E-state index in [1.165, 1.54) is 11.9 Å². The van der Waals surface area contributed by atoms with Crippen molar-refractivity contribution in [2.45, 2.75) is 32.3 Å². The Morgan fingerprint density at radius 3 is 2.63 bits per heavy atom. The molecule has 1 aliphatic heterocycles. The molecule has 10 nitrogen and oxygen atoms in total. The number of hydrogen-bond acceptors (Lipinski definition) is 7. The predicted molar refractivity (Wildman–Crippen MR) is 107 cm³/mol. The number of rotatable bonds is 5. The second-order valence-electron chi connectivity index (χ2n) is 7.44. The van der Waals surface area contributed by atoms with Crippen molar-refractivity contribution < 1.29 is 14.3 Å². The minimum atomic E-state index is -0.356. The second-order valence-corrected chi connectivity index (χ2v) is 7.78. The van der Waals surface area contributed by atoms with Crippen LogP contribution >= 0.6 is 11.6 Å². The molecule has 0 N–H and O–H groups in total. The number of imidazole rings is 1. The quantitative estimate of drug-likeness (QED) is 0.575. The highest BCUT2D eigenvalue weighted by molar-refractivity contribution is 6.28. The van der Waals surface area contributed by atoms with Crippen molar-refractivity contribution in [3.63, 3.8) is 0 Å². The van der Waals surface area contributed by atoms with E-state index in [1.54, 1.807) is 6.92 Å². The molecule has 2 fully saturated rings. The Bertz CT molecular complexity index is 1170. The highest BCUT2D eigenvalue weighted by Gasteiger charge is 2.36. The predicted octanol–water partition coefficient (Wildman–Crippen LogP) is 2.34. The Morgan fingerprint density at radius 1 is 1.17 bits per heavy atom. The molecule has 0 aromatic carbocycles. The van der Waals surface area contributed by atoms with Crippen LogP contribution in [0.25, 0.3) is 5.65 Å². The van der Waals surface area contributed by atoms with E-state index in [9.17, 15) is 9.59 Å². The third-order valence-electron chi connectivity index (χ3n) is 5.18. The summed E-state index contributed by atoms with van der Waals surface area (Å²) in [6.45, 7) is 1.81. The molecule has 0 atom stereocenters. The molecule has 154 valence electrons. The van der Waals surface area contributed by atoms with Gasteiger partial charge in [-0.25, -0.2) is 14.8 Å². The summed E-state index contributed by atoms with van der Waals surface area (Å²) in [4.78, 5) is 43.8. The zero-order chi connectivity index (χ0) is 21.0. The van der Waals surface area contributed by atoms with Crippen LogP contribution in [0, 0.1) is 6.92 Å². The number of fused-ring (bicyclic) bond motifs is 1. The fraction of sp³-hybridized carbons (Fsp3) is 0.368. The normalized spacial score (nSPS) is 16.8. The van der Waals surface area contributed by atoms with Gasteiger partial charge in [-0.05, 0) is 48.9 Å². The highest BCUT2D eigenvalue weighted by atomic mass is 35.5. The third kappa shape index (κ3) is 3.32. The zero-order valence-corrected chi connectivity index (χ0v) is 17.1. The lowest BCUT2D eigenvalue weighted by molar-refractivity contribution is -0.123. The van der Waals surface area contributed by atoms with Gasteiger partial charge in [0.1, 0.15) is 19.0 Å². The van der Waals surface area contributed by atoms with Gasteiger partial charge in [0.25, 0.3) is 0 Å². The van der Waals surface area contributed by atoms with Gasteiger partial charge in [-0.2, -0.15) is 9.97 Å². The van der Waals surface area contributed by atoms with Crippen molar-refractivity contribution in [2.24, 2.45) is 0 Å².